The summed E-state index contributed by atoms with van der Waals surface area (Å²) in [6.45, 7) is 0. The summed E-state index contributed by atoms with van der Waals surface area (Å²) in [5, 5.41) is 2.98. The zero-order valence-corrected chi connectivity index (χ0v) is 11.4. The van der Waals surface area contributed by atoms with Gasteiger partial charge in [-0.3, -0.25) is 0 Å². The molecule has 0 fully saturated rings. The molecule has 2 aromatic heterocycles. The molecule has 0 radical (unpaired) electrons. The van der Waals surface area contributed by atoms with Crippen molar-refractivity contribution in [3.63, 3.8) is 0 Å². The van der Waals surface area contributed by atoms with Gasteiger partial charge in [0.05, 0.1) is 12.0 Å². The Kier molecular flexibility index (Phi) is 3.21. The van der Waals surface area contributed by atoms with Crippen molar-refractivity contribution in [3.05, 3.63) is 48.0 Å². The van der Waals surface area contributed by atoms with Crippen LogP contribution in [0.1, 0.15) is 0 Å². The number of aromatic nitrogens is 1. The van der Waals surface area contributed by atoms with E-state index in [4.69, 9.17) is 4.42 Å². The highest BCUT2D eigenvalue weighted by Crippen LogP contribution is 2.29. The number of thioether (sulfide) groups is 1. The lowest BCUT2D eigenvalue weighted by atomic mass is 10.2. The summed E-state index contributed by atoms with van der Waals surface area (Å²) < 4.78 is 5.35. The van der Waals surface area contributed by atoms with E-state index in [1.54, 1.807) is 29.4 Å². The van der Waals surface area contributed by atoms with Gasteiger partial charge in [-0.25, -0.2) is 4.98 Å². The molecule has 3 aromatic rings. The summed E-state index contributed by atoms with van der Waals surface area (Å²) in [4.78, 5) is 5.86. The molecule has 0 atom stereocenters. The number of nitrogens with zero attached hydrogens (tertiary/aromatic N) is 1. The lowest BCUT2D eigenvalue weighted by Gasteiger charge is -1.98. The zero-order valence-electron chi connectivity index (χ0n) is 9.79. The highest BCUT2D eigenvalue weighted by molar-refractivity contribution is 7.98. The molecular formula is C14H11NOS2. The van der Waals surface area contributed by atoms with Gasteiger partial charge in [-0.1, -0.05) is 12.1 Å². The summed E-state index contributed by atoms with van der Waals surface area (Å²) in [5.41, 5.74) is 2.14. The third-order valence-corrected chi connectivity index (χ3v) is 4.22. The van der Waals surface area contributed by atoms with E-state index in [-0.39, 0.29) is 0 Å². The van der Waals surface area contributed by atoms with E-state index < -0.39 is 0 Å². The highest BCUT2D eigenvalue weighted by atomic mass is 32.2. The van der Waals surface area contributed by atoms with E-state index in [0.717, 1.165) is 22.0 Å². The van der Waals surface area contributed by atoms with Crippen LogP contribution in [0.3, 0.4) is 0 Å². The van der Waals surface area contributed by atoms with Crippen LogP contribution in [-0.2, 0) is 0 Å². The number of furan rings is 1. The second-order valence-corrected chi connectivity index (χ2v) is 5.48. The van der Waals surface area contributed by atoms with Crippen LogP contribution in [-0.4, -0.2) is 11.2 Å². The van der Waals surface area contributed by atoms with Gasteiger partial charge < -0.3 is 4.42 Å². The molecule has 18 heavy (non-hydrogen) atoms. The first kappa shape index (κ1) is 11.6. The number of rotatable bonds is 3. The molecule has 4 heteroatoms. The molecule has 0 unspecified atom stereocenters. The van der Waals surface area contributed by atoms with Gasteiger partial charge in [-0.2, -0.15) is 0 Å². The van der Waals surface area contributed by atoms with Crippen molar-refractivity contribution in [2.45, 2.75) is 4.90 Å². The minimum atomic E-state index is 0.826. The quantitative estimate of drug-likeness (QED) is 0.642. The van der Waals surface area contributed by atoms with Crippen LogP contribution < -0.4 is 0 Å². The fraction of sp³-hybridized carbons (Fsp3) is 0.0714. The van der Waals surface area contributed by atoms with Crippen LogP contribution in [0.5, 0.6) is 0 Å². The minimum Gasteiger partial charge on any atom is -0.462 e. The van der Waals surface area contributed by atoms with Crippen molar-refractivity contribution >= 4 is 23.1 Å². The molecule has 0 amide bonds. The molecule has 3 rings (SSSR count). The van der Waals surface area contributed by atoms with Crippen molar-refractivity contribution in [2.24, 2.45) is 0 Å². The second-order valence-electron chi connectivity index (χ2n) is 3.74. The Morgan fingerprint density at radius 3 is 2.67 bits per heavy atom. The Labute approximate surface area is 114 Å². The van der Waals surface area contributed by atoms with Gasteiger partial charge in [0.15, 0.2) is 10.8 Å². The van der Waals surface area contributed by atoms with Gasteiger partial charge >= 0.3 is 0 Å². The first-order valence-corrected chi connectivity index (χ1v) is 7.61. The summed E-state index contributed by atoms with van der Waals surface area (Å²) in [6.07, 6.45) is 3.75. The normalized spacial score (nSPS) is 10.7. The van der Waals surface area contributed by atoms with Gasteiger partial charge in [0, 0.05) is 15.8 Å². The maximum absolute atomic E-state index is 5.35. The highest BCUT2D eigenvalue weighted by Gasteiger charge is 2.08. The Bertz CT molecular complexity index is 626. The van der Waals surface area contributed by atoms with Crippen LogP contribution in [0.25, 0.3) is 22.0 Å². The topological polar surface area (TPSA) is 26.0 Å². The molecule has 0 bridgehead atoms. The van der Waals surface area contributed by atoms with E-state index in [1.165, 1.54) is 4.90 Å². The number of hydrogen-bond donors (Lipinski definition) is 0. The summed E-state index contributed by atoms with van der Waals surface area (Å²) in [6, 6.07) is 12.3. The van der Waals surface area contributed by atoms with E-state index in [9.17, 15) is 0 Å². The van der Waals surface area contributed by atoms with E-state index >= 15 is 0 Å². The smallest absolute Gasteiger partial charge is 0.162 e. The Balaban J connectivity index is 1.92. The Morgan fingerprint density at radius 1 is 1.17 bits per heavy atom. The van der Waals surface area contributed by atoms with Crippen molar-refractivity contribution < 1.29 is 4.42 Å². The average molecular weight is 273 g/mol. The molecule has 1 aromatic carbocycles. The fourth-order valence-corrected chi connectivity index (χ4v) is 2.89. The summed E-state index contributed by atoms with van der Waals surface area (Å²) >= 11 is 3.35. The minimum absolute atomic E-state index is 0.826. The Hall–Kier alpha value is -1.52. The molecule has 0 aliphatic rings. The average Bonchev–Trinajstić information content (AvgIpc) is 3.09. The van der Waals surface area contributed by atoms with Crippen LogP contribution in [0.2, 0.25) is 0 Å². The van der Waals surface area contributed by atoms with E-state index in [2.05, 4.69) is 40.9 Å². The maximum Gasteiger partial charge on any atom is 0.162 e. The SMILES string of the molecule is CSc1ccc(-c2csc(-c3ccco3)n2)cc1. The van der Waals surface area contributed by atoms with Crippen LogP contribution in [0.4, 0.5) is 0 Å². The lowest BCUT2D eigenvalue weighted by Crippen LogP contribution is -1.78. The number of hydrogen-bond acceptors (Lipinski definition) is 4. The predicted molar refractivity (Wildman–Crippen MR) is 77.0 cm³/mol. The van der Waals surface area contributed by atoms with Gasteiger partial charge in [0.25, 0.3) is 0 Å². The first-order valence-electron chi connectivity index (χ1n) is 5.50. The third-order valence-electron chi connectivity index (χ3n) is 2.62. The van der Waals surface area contributed by atoms with E-state index in [1.807, 2.05) is 12.1 Å². The van der Waals surface area contributed by atoms with Crippen molar-refractivity contribution in [2.75, 3.05) is 6.26 Å². The maximum atomic E-state index is 5.35. The molecular weight excluding hydrogens is 262 g/mol. The van der Waals surface area contributed by atoms with Crippen LogP contribution in [0, 0.1) is 0 Å². The molecule has 0 aliphatic heterocycles. The third kappa shape index (κ3) is 2.21. The zero-order chi connectivity index (χ0) is 12.4. The van der Waals surface area contributed by atoms with Crippen molar-refractivity contribution in [3.8, 4) is 22.0 Å². The molecule has 2 nitrogen and oxygen atoms in total. The predicted octanol–water partition coefficient (Wildman–Crippen LogP) is 4.79. The molecule has 0 saturated heterocycles. The monoisotopic (exact) mass is 273 g/mol. The van der Waals surface area contributed by atoms with Gasteiger partial charge in [0.2, 0.25) is 0 Å². The number of thiazole rings is 1. The van der Waals surface area contributed by atoms with Crippen molar-refractivity contribution in [1.82, 2.24) is 4.98 Å². The molecule has 2 heterocycles. The summed E-state index contributed by atoms with van der Waals surface area (Å²) in [5.74, 6) is 0.826. The first-order chi connectivity index (χ1) is 8.86. The Morgan fingerprint density at radius 2 is 2.00 bits per heavy atom. The summed E-state index contributed by atoms with van der Waals surface area (Å²) in [7, 11) is 0. The van der Waals surface area contributed by atoms with Gasteiger partial charge in [-0.05, 0) is 30.5 Å². The van der Waals surface area contributed by atoms with Crippen LogP contribution in [0.15, 0.2) is 57.4 Å². The second kappa shape index (κ2) is 5.00. The molecule has 90 valence electrons. The van der Waals surface area contributed by atoms with Gasteiger partial charge in [0.1, 0.15) is 0 Å². The fourth-order valence-electron chi connectivity index (χ4n) is 1.68. The van der Waals surface area contributed by atoms with Crippen molar-refractivity contribution in [1.29, 1.82) is 0 Å². The molecule has 0 saturated carbocycles. The number of benzene rings is 1. The molecule has 0 spiro atoms. The van der Waals surface area contributed by atoms with E-state index in [0.29, 0.717) is 0 Å². The lowest BCUT2D eigenvalue weighted by molar-refractivity contribution is 0.582. The van der Waals surface area contributed by atoms with Gasteiger partial charge in [-0.15, -0.1) is 23.1 Å². The molecule has 0 N–H and O–H groups in total. The largest absolute Gasteiger partial charge is 0.462 e. The standard InChI is InChI=1S/C14H11NOS2/c1-17-11-6-4-10(5-7-11)12-9-18-14(15-12)13-3-2-8-16-13/h2-9H,1H3. The molecule has 0 aliphatic carbocycles. The van der Waals surface area contributed by atoms with Crippen LogP contribution >= 0.6 is 23.1 Å².